The first-order chi connectivity index (χ1) is 9.04. The first-order valence-electron chi connectivity index (χ1n) is 5.19. The van der Waals surface area contributed by atoms with Gasteiger partial charge in [0.15, 0.2) is 6.04 Å². The third-order valence-corrected chi connectivity index (χ3v) is 3.74. The molecule has 0 radical (unpaired) electrons. The van der Waals surface area contributed by atoms with Crippen LogP contribution < -0.4 is 0 Å². The van der Waals surface area contributed by atoms with Gasteiger partial charge in [-0.05, 0) is 12.1 Å². The summed E-state index contributed by atoms with van der Waals surface area (Å²) in [5, 5.41) is 18.0. The van der Waals surface area contributed by atoms with Crippen molar-refractivity contribution >= 4 is 46.3 Å². The van der Waals surface area contributed by atoms with Gasteiger partial charge in [-0.3, -0.25) is 9.69 Å². The Labute approximate surface area is 117 Å². The number of carboxylic acid groups (broad SMARTS) is 1. The van der Waals surface area contributed by atoms with Gasteiger partial charge >= 0.3 is 5.97 Å². The fourth-order valence-corrected chi connectivity index (χ4v) is 2.86. The molecule has 2 heterocycles. The molecule has 1 aliphatic rings. The lowest BCUT2D eigenvalue weighted by molar-refractivity contribution is -0.146. The second-order valence-electron chi connectivity index (χ2n) is 3.60. The minimum absolute atomic E-state index is 0.101. The van der Waals surface area contributed by atoms with Gasteiger partial charge in [-0.25, -0.2) is 4.79 Å². The van der Waals surface area contributed by atoms with E-state index in [1.807, 2.05) is 0 Å². The van der Waals surface area contributed by atoms with Crippen molar-refractivity contribution in [3.63, 3.8) is 0 Å². The zero-order chi connectivity index (χ0) is 14.0. The normalized spacial score (nSPS) is 19.2. The standard InChI is InChI=1S/C11H9NO5S2/c13-5-7(10(15)16)12-9(14)8(19-11(12)18)4-6-2-1-3-17-6/h1-4,7,13H,5H2,(H,15,16)/b8-4+/t7-/m1/s1. The summed E-state index contributed by atoms with van der Waals surface area (Å²) in [5.41, 5.74) is 0. The molecule has 8 heteroatoms. The van der Waals surface area contributed by atoms with E-state index >= 15 is 0 Å². The van der Waals surface area contributed by atoms with Gasteiger partial charge in [-0.2, -0.15) is 0 Å². The van der Waals surface area contributed by atoms with E-state index in [0.29, 0.717) is 5.76 Å². The third kappa shape index (κ3) is 2.70. The van der Waals surface area contributed by atoms with Crippen molar-refractivity contribution < 1.29 is 24.2 Å². The van der Waals surface area contributed by atoms with E-state index in [9.17, 15) is 9.59 Å². The zero-order valence-electron chi connectivity index (χ0n) is 9.48. The number of thiocarbonyl (C=S) groups is 1. The smallest absolute Gasteiger partial charge is 0.329 e. The molecule has 0 saturated carbocycles. The van der Waals surface area contributed by atoms with E-state index in [-0.39, 0.29) is 9.23 Å². The molecule has 1 aliphatic heterocycles. The van der Waals surface area contributed by atoms with Crippen molar-refractivity contribution in [2.24, 2.45) is 0 Å². The zero-order valence-corrected chi connectivity index (χ0v) is 11.1. The molecule has 0 aromatic carbocycles. The maximum Gasteiger partial charge on any atom is 0.329 e. The molecule has 1 aromatic heterocycles. The van der Waals surface area contributed by atoms with Gasteiger partial charge in [-0.15, -0.1) is 0 Å². The van der Waals surface area contributed by atoms with Crippen LogP contribution in [0, 0.1) is 0 Å². The summed E-state index contributed by atoms with van der Waals surface area (Å²) >= 11 is 5.95. The van der Waals surface area contributed by atoms with Crippen LogP contribution in [0.5, 0.6) is 0 Å². The average Bonchev–Trinajstić information content (AvgIpc) is 2.94. The number of nitrogens with zero attached hydrogens (tertiary/aromatic N) is 1. The van der Waals surface area contributed by atoms with Gasteiger partial charge in [0.1, 0.15) is 10.1 Å². The van der Waals surface area contributed by atoms with Gasteiger partial charge in [0.05, 0.1) is 17.8 Å². The monoisotopic (exact) mass is 299 g/mol. The molecule has 1 saturated heterocycles. The van der Waals surface area contributed by atoms with Crippen molar-refractivity contribution in [2.75, 3.05) is 6.61 Å². The fraction of sp³-hybridized carbons (Fsp3) is 0.182. The second-order valence-corrected chi connectivity index (χ2v) is 5.28. The number of rotatable bonds is 4. The van der Waals surface area contributed by atoms with Crippen LogP contribution in [0.4, 0.5) is 0 Å². The minimum atomic E-state index is -1.37. The van der Waals surface area contributed by atoms with Gasteiger partial charge in [0.2, 0.25) is 0 Å². The predicted octanol–water partition coefficient (Wildman–Crippen LogP) is 0.926. The molecule has 19 heavy (non-hydrogen) atoms. The van der Waals surface area contributed by atoms with Crippen LogP contribution in [0.15, 0.2) is 27.7 Å². The van der Waals surface area contributed by atoms with Crippen molar-refractivity contribution in [3.8, 4) is 0 Å². The summed E-state index contributed by atoms with van der Waals surface area (Å²) in [6.45, 7) is -0.699. The molecule has 2 rings (SSSR count). The molecule has 100 valence electrons. The number of carbonyl (C=O) groups is 2. The number of thioether (sulfide) groups is 1. The fourth-order valence-electron chi connectivity index (χ4n) is 1.52. The minimum Gasteiger partial charge on any atom is -0.480 e. The van der Waals surface area contributed by atoms with E-state index in [1.165, 1.54) is 12.3 Å². The maximum atomic E-state index is 12.1. The Kier molecular flexibility index (Phi) is 4.03. The van der Waals surface area contributed by atoms with Crippen LogP contribution in [0.2, 0.25) is 0 Å². The molecule has 0 aliphatic carbocycles. The van der Waals surface area contributed by atoms with E-state index < -0.39 is 24.5 Å². The number of hydrogen-bond acceptors (Lipinski definition) is 6. The highest BCUT2D eigenvalue weighted by atomic mass is 32.2. The number of hydrogen-bond donors (Lipinski definition) is 2. The molecular formula is C11H9NO5S2. The summed E-state index contributed by atoms with van der Waals surface area (Å²) < 4.78 is 5.18. The Morgan fingerprint density at radius 1 is 1.63 bits per heavy atom. The van der Waals surface area contributed by atoms with Crippen LogP contribution in [0.1, 0.15) is 5.76 Å². The van der Waals surface area contributed by atoms with Crippen molar-refractivity contribution in [2.45, 2.75) is 6.04 Å². The van der Waals surface area contributed by atoms with Crippen molar-refractivity contribution in [1.82, 2.24) is 4.90 Å². The van der Waals surface area contributed by atoms with Gasteiger partial charge < -0.3 is 14.6 Å². The Bertz CT molecular complexity index is 551. The first-order valence-corrected chi connectivity index (χ1v) is 6.41. The number of carbonyl (C=O) groups excluding carboxylic acids is 1. The Morgan fingerprint density at radius 2 is 2.37 bits per heavy atom. The SMILES string of the molecule is O=C(O)[C@@H](CO)N1C(=O)/C(=C\c2ccco2)SC1=S. The summed E-state index contributed by atoms with van der Waals surface area (Å²) in [6, 6.07) is 1.96. The summed E-state index contributed by atoms with van der Waals surface area (Å²) in [5.74, 6) is -1.39. The van der Waals surface area contributed by atoms with Crippen molar-refractivity contribution in [1.29, 1.82) is 0 Å². The molecule has 0 spiro atoms. The maximum absolute atomic E-state index is 12.1. The van der Waals surface area contributed by atoms with Gasteiger partial charge in [-0.1, -0.05) is 24.0 Å². The molecule has 6 nitrogen and oxygen atoms in total. The van der Waals surface area contributed by atoms with E-state index in [4.69, 9.17) is 26.8 Å². The number of aliphatic hydroxyl groups excluding tert-OH is 1. The second kappa shape index (κ2) is 5.55. The van der Waals surface area contributed by atoms with E-state index in [2.05, 4.69) is 0 Å². The number of aliphatic carboxylic acids is 1. The Hall–Kier alpha value is -1.64. The Morgan fingerprint density at radius 3 is 2.89 bits per heavy atom. The number of furan rings is 1. The highest BCUT2D eigenvalue weighted by Crippen LogP contribution is 2.33. The predicted molar refractivity (Wildman–Crippen MR) is 72.2 cm³/mol. The molecule has 0 unspecified atom stereocenters. The molecule has 1 atom stereocenters. The number of amides is 1. The lowest BCUT2D eigenvalue weighted by Crippen LogP contribution is -2.46. The lowest BCUT2D eigenvalue weighted by atomic mass is 10.2. The van der Waals surface area contributed by atoms with E-state index in [0.717, 1.165) is 16.7 Å². The summed E-state index contributed by atoms with van der Waals surface area (Å²) in [7, 11) is 0. The van der Waals surface area contributed by atoms with Gasteiger partial charge in [0, 0.05) is 6.08 Å². The van der Waals surface area contributed by atoms with Crippen LogP contribution in [-0.2, 0) is 9.59 Å². The van der Waals surface area contributed by atoms with Crippen LogP contribution in [-0.4, -0.2) is 44.0 Å². The Balaban J connectivity index is 2.28. The largest absolute Gasteiger partial charge is 0.480 e. The molecule has 1 fully saturated rings. The number of aliphatic hydroxyl groups is 1. The average molecular weight is 299 g/mol. The molecule has 1 aromatic rings. The highest BCUT2D eigenvalue weighted by molar-refractivity contribution is 8.26. The quantitative estimate of drug-likeness (QED) is 0.631. The van der Waals surface area contributed by atoms with Crippen LogP contribution >= 0.6 is 24.0 Å². The van der Waals surface area contributed by atoms with Crippen molar-refractivity contribution in [3.05, 3.63) is 29.1 Å². The highest BCUT2D eigenvalue weighted by Gasteiger charge is 2.40. The first kappa shape index (κ1) is 13.8. The van der Waals surface area contributed by atoms with Gasteiger partial charge in [0.25, 0.3) is 5.91 Å². The van der Waals surface area contributed by atoms with Crippen LogP contribution in [0.3, 0.4) is 0 Å². The summed E-state index contributed by atoms with van der Waals surface area (Å²) in [6.07, 6.45) is 2.94. The topological polar surface area (TPSA) is 91.0 Å². The summed E-state index contributed by atoms with van der Waals surface area (Å²) in [4.78, 5) is 24.2. The molecule has 0 bridgehead atoms. The van der Waals surface area contributed by atoms with Crippen LogP contribution in [0.25, 0.3) is 6.08 Å². The molecule has 2 N–H and O–H groups in total. The lowest BCUT2D eigenvalue weighted by Gasteiger charge is -2.20. The molecule has 1 amide bonds. The number of carboxylic acids is 1. The third-order valence-electron chi connectivity index (χ3n) is 2.41. The molecular weight excluding hydrogens is 290 g/mol. The van der Waals surface area contributed by atoms with E-state index in [1.54, 1.807) is 12.1 Å².